The van der Waals surface area contributed by atoms with Gasteiger partial charge in [0, 0.05) is 43.3 Å². The molecule has 7 nitrogen and oxygen atoms in total. The summed E-state index contributed by atoms with van der Waals surface area (Å²) in [5.41, 5.74) is 1.60. The van der Waals surface area contributed by atoms with E-state index in [0.29, 0.717) is 5.82 Å². The van der Waals surface area contributed by atoms with Crippen molar-refractivity contribution in [1.29, 1.82) is 0 Å². The fourth-order valence-electron chi connectivity index (χ4n) is 4.30. The maximum absolute atomic E-state index is 12.9. The van der Waals surface area contributed by atoms with Crippen molar-refractivity contribution >= 4 is 5.91 Å². The lowest BCUT2D eigenvalue weighted by Gasteiger charge is -2.33. The summed E-state index contributed by atoms with van der Waals surface area (Å²) in [6, 6.07) is 8.27. The van der Waals surface area contributed by atoms with Crippen LogP contribution in [0, 0.1) is 0 Å². The van der Waals surface area contributed by atoms with E-state index in [-0.39, 0.29) is 5.91 Å². The van der Waals surface area contributed by atoms with Crippen molar-refractivity contribution in [3.8, 4) is 11.4 Å². The second kappa shape index (κ2) is 8.17. The minimum Gasteiger partial charge on any atom is -0.337 e. The van der Waals surface area contributed by atoms with E-state index < -0.39 is 0 Å². The zero-order valence-electron chi connectivity index (χ0n) is 16.0. The molecule has 1 aliphatic heterocycles. The molecule has 1 aromatic heterocycles. The summed E-state index contributed by atoms with van der Waals surface area (Å²) < 4.78 is 0. The second-order valence-electron chi connectivity index (χ2n) is 7.65. The van der Waals surface area contributed by atoms with Gasteiger partial charge in [-0.3, -0.25) is 9.69 Å². The molecule has 2 aromatic rings. The molecule has 1 aromatic carbocycles. The van der Waals surface area contributed by atoms with E-state index in [4.69, 9.17) is 0 Å². The standard InChI is InChI=1S/C20H28N6O/c1-24-22-19(21-23-24)16-8-10-17(11-9-16)20(27)26-13-5-12-25(14-15-26)18-6-3-2-4-7-18/h8-11,18H,2-7,12-15H2,1H3. The fraction of sp³-hybridized carbons (Fsp3) is 0.600. The highest BCUT2D eigenvalue weighted by molar-refractivity contribution is 5.94. The van der Waals surface area contributed by atoms with Crippen molar-refractivity contribution in [2.45, 2.75) is 44.6 Å². The Balaban J connectivity index is 1.39. The second-order valence-corrected chi connectivity index (χ2v) is 7.65. The monoisotopic (exact) mass is 368 g/mol. The van der Waals surface area contributed by atoms with E-state index in [1.165, 1.54) is 36.9 Å². The van der Waals surface area contributed by atoms with Crippen molar-refractivity contribution in [1.82, 2.24) is 30.0 Å². The van der Waals surface area contributed by atoms with E-state index in [1.807, 2.05) is 29.2 Å². The van der Waals surface area contributed by atoms with Crippen LogP contribution in [0.3, 0.4) is 0 Å². The Kier molecular flexibility index (Phi) is 5.48. The van der Waals surface area contributed by atoms with Crippen LogP contribution in [0.4, 0.5) is 0 Å². The molecule has 2 aliphatic rings. The van der Waals surface area contributed by atoms with Gasteiger partial charge >= 0.3 is 0 Å². The summed E-state index contributed by atoms with van der Waals surface area (Å²) in [5, 5.41) is 12.1. The molecular weight excluding hydrogens is 340 g/mol. The van der Waals surface area contributed by atoms with Crippen LogP contribution < -0.4 is 0 Å². The normalized spacial score (nSPS) is 19.8. The molecule has 1 saturated carbocycles. The molecule has 27 heavy (non-hydrogen) atoms. The lowest BCUT2D eigenvalue weighted by Crippen LogP contribution is -2.40. The van der Waals surface area contributed by atoms with E-state index in [9.17, 15) is 4.79 Å². The number of hydrogen-bond acceptors (Lipinski definition) is 5. The molecule has 1 saturated heterocycles. The zero-order chi connectivity index (χ0) is 18.6. The lowest BCUT2D eigenvalue weighted by atomic mass is 9.94. The lowest BCUT2D eigenvalue weighted by molar-refractivity contribution is 0.0755. The number of benzene rings is 1. The molecular formula is C20H28N6O. The fourth-order valence-corrected chi connectivity index (χ4v) is 4.30. The predicted octanol–water partition coefficient (Wildman–Crippen LogP) is 2.36. The first-order valence-electron chi connectivity index (χ1n) is 10.1. The van der Waals surface area contributed by atoms with Crippen molar-refractivity contribution < 1.29 is 4.79 Å². The number of aryl methyl sites for hydroxylation is 1. The van der Waals surface area contributed by atoms with Crippen LogP contribution in [0.25, 0.3) is 11.4 Å². The quantitative estimate of drug-likeness (QED) is 0.832. The highest BCUT2D eigenvalue weighted by atomic mass is 16.2. The van der Waals surface area contributed by atoms with Gasteiger partial charge in [0.2, 0.25) is 5.82 Å². The molecule has 0 unspecified atom stereocenters. The van der Waals surface area contributed by atoms with E-state index in [1.54, 1.807) is 7.05 Å². The minimum absolute atomic E-state index is 0.124. The predicted molar refractivity (Wildman–Crippen MR) is 103 cm³/mol. The molecule has 1 aliphatic carbocycles. The van der Waals surface area contributed by atoms with Crippen LogP contribution >= 0.6 is 0 Å². The molecule has 0 bridgehead atoms. The third kappa shape index (κ3) is 4.18. The molecule has 2 fully saturated rings. The summed E-state index contributed by atoms with van der Waals surface area (Å²) >= 11 is 0. The molecule has 1 amide bonds. The molecule has 0 N–H and O–H groups in total. The van der Waals surface area contributed by atoms with Gasteiger partial charge in [0.05, 0.1) is 7.05 Å². The van der Waals surface area contributed by atoms with Crippen LogP contribution in [0.1, 0.15) is 48.9 Å². The first-order chi connectivity index (χ1) is 13.2. The number of carbonyl (C=O) groups excluding carboxylic acids is 1. The van der Waals surface area contributed by atoms with Crippen molar-refractivity contribution in [3.63, 3.8) is 0 Å². The van der Waals surface area contributed by atoms with Crippen LogP contribution in [0.15, 0.2) is 24.3 Å². The summed E-state index contributed by atoms with van der Waals surface area (Å²) in [5.74, 6) is 0.702. The number of hydrogen-bond donors (Lipinski definition) is 0. The first kappa shape index (κ1) is 18.1. The number of tetrazole rings is 1. The maximum Gasteiger partial charge on any atom is 0.253 e. The van der Waals surface area contributed by atoms with Crippen LogP contribution in [0.5, 0.6) is 0 Å². The number of aromatic nitrogens is 4. The Morgan fingerprint density at radius 1 is 0.963 bits per heavy atom. The molecule has 0 spiro atoms. The smallest absolute Gasteiger partial charge is 0.253 e. The zero-order valence-corrected chi connectivity index (χ0v) is 16.0. The Labute approximate surface area is 160 Å². The number of carbonyl (C=O) groups is 1. The maximum atomic E-state index is 12.9. The molecule has 7 heteroatoms. The summed E-state index contributed by atoms with van der Waals surface area (Å²) in [7, 11) is 1.74. The highest BCUT2D eigenvalue weighted by Crippen LogP contribution is 2.24. The number of rotatable bonds is 3. The third-order valence-electron chi connectivity index (χ3n) is 5.81. The van der Waals surface area contributed by atoms with Gasteiger partial charge in [-0.1, -0.05) is 31.4 Å². The van der Waals surface area contributed by atoms with Gasteiger partial charge in [-0.05, 0) is 36.6 Å². The molecule has 144 valence electrons. The largest absolute Gasteiger partial charge is 0.337 e. The minimum atomic E-state index is 0.124. The van der Waals surface area contributed by atoms with Gasteiger partial charge in [0.25, 0.3) is 5.91 Å². The molecule has 0 atom stereocenters. The van der Waals surface area contributed by atoms with E-state index in [0.717, 1.165) is 49.8 Å². The first-order valence-corrected chi connectivity index (χ1v) is 10.1. The Morgan fingerprint density at radius 3 is 2.44 bits per heavy atom. The molecule has 4 rings (SSSR count). The Hall–Kier alpha value is -2.28. The Morgan fingerprint density at radius 2 is 1.74 bits per heavy atom. The van der Waals surface area contributed by atoms with Crippen molar-refractivity contribution in [2.75, 3.05) is 26.2 Å². The molecule has 0 radical (unpaired) electrons. The Bertz CT molecular complexity index is 765. The van der Waals surface area contributed by atoms with E-state index >= 15 is 0 Å². The third-order valence-corrected chi connectivity index (χ3v) is 5.81. The summed E-state index contributed by atoms with van der Waals surface area (Å²) in [4.78, 5) is 19.0. The van der Waals surface area contributed by atoms with E-state index in [2.05, 4.69) is 20.3 Å². The van der Waals surface area contributed by atoms with Gasteiger partial charge in [-0.2, -0.15) is 4.80 Å². The van der Waals surface area contributed by atoms with Crippen molar-refractivity contribution in [2.24, 2.45) is 7.05 Å². The topological polar surface area (TPSA) is 67.2 Å². The van der Waals surface area contributed by atoms with Gasteiger partial charge in [0.15, 0.2) is 0 Å². The highest BCUT2D eigenvalue weighted by Gasteiger charge is 2.25. The molecule has 2 heterocycles. The van der Waals surface area contributed by atoms with Gasteiger partial charge in [-0.15, -0.1) is 10.2 Å². The average molecular weight is 368 g/mol. The van der Waals surface area contributed by atoms with Crippen LogP contribution in [0.2, 0.25) is 0 Å². The van der Waals surface area contributed by atoms with Gasteiger partial charge < -0.3 is 4.90 Å². The van der Waals surface area contributed by atoms with Gasteiger partial charge in [0.1, 0.15) is 0 Å². The number of nitrogens with zero attached hydrogens (tertiary/aromatic N) is 6. The summed E-state index contributed by atoms with van der Waals surface area (Å²) in [6.07, 6.45) is 7.81. The average Bonchev–Trinajstić information content (AvgIpc) is 3.00. The van der Waals surface area contributed by atoms with Gasteiger partial charge in [-0.25, -0.2) is 0 Å². The van der Waals surface area contributed by atoms with Crippen molar-refractivity contribution in [3.05, 3.63) is 29.8 Å². The number of amides is 1. The van der Waals surface area contributed by atoms with Crippen LogP contribution in [-0.4, -0.2) is 68.1 Å². The van der Waals surface area contributed by atoms with Crippen LogP contribution in [-0.2, 0) is 7.05 Å². The SMILES string of the molecule is Cn1nnc(-c2ccc(C(=O)N3CCCN(C4CCCCC4)CC3)cc2)n1. The summed E-state index contributed by atoms with van der Waals surface area (Å²) in [6.45, 7) is 3.78.